The van der Waals surface area contributed by atoms with Gasteiger partial charge in [-0.25, -0.2) is 9.97 Å². The molecule has 2 rings (SSSR count). The van der Waals surface area contributed by atoms with Crippen LogP contribution < -0.4 is 5.32 Å². The summed E-state index contributed by atoms with van der Waals surface area (Å²) in [6, 6.07) is 5.28. The molecule has 0 saturated carbocycles. The first kappa shape index (κ1) is 11.2. The summed E-state index contributed by atoms with van der Waals surface area (Å²) in [6.45, 7) is 2.27. The number of nitrogens with one attached hydrogen (secondary N) is 1. The first-order valence-electron chi connectivity index (χ1n) is 5.21. The minimum Gasteiger partial charge on any atom is -0.346 e. The molecule has 0 fully saturated rings. The van der Waals surface area contributed by atoms with Crippen LogP contribution in [-0.2, 0) is 6.54 Å². The van der Waals surface area contributed by atoms with E-state index < -0.39 is 0 Å². The zero-order valence-electron chi connectivity index (χ0n) is 9.42. The van der Waals surface area contributed by atoms with E-state index >= 15 is 0 Å². The van der Waals surface area contributed by atoms with Crippen LogP contribution in [0.15, 0.2) is 36.9 Å². The van der Waals surface area contributed by atoms with Crippen molar-refractivity contribution >= 4 is 5.91 Å². The van der Waals surface area contributed by atoms with Crippen molar-refractivity contribution in [1.29, 1.82) is 0 Å². The van der Waals surface area contributed by atoms with Crippen molar-refractivity contribution < 1.29 is 4.79 Å². The van der Waals surface area contributed by atoms with Crippen molar-refractivity contribution in [3.63, 3.8) is 0 Å². The van der Waals surface area contributed by atoms with Gasteiger partial charge in [-0.1, -0.05) is 0 Å². The van der Waals surface area contributed by atoms with Gasteiger partial charge in [-0.3, -0.25) is 9.78 Å². The summed E-state index contributed by atoms with van der Waals surface area (Å²) < 4.78 is 0. The Morgan fingerprint density at radius 3 is 3.00 bits per heavy atom. The molecule has 0 radical (unpaired) electrons. The van der Waals surface area contributed by atoms with Crippen LogP contribution in [0.25, 0.3) is 0 Å². The van der Waals surface area contributed by atoms with Gasteiger partial charge < -0.3 is 5.32 Å². The van der Waals surface area contributed by atoms with Gasteiger partial charge in [0.2, 0.25) is 0 Å². The molecule has 5 heteroatoms. The van der Waals surface area contributed by atoms with E-state index in [2.05, 4.69) is 20.3 Å². The first-order valence-corrected chi connectivity index (χ1v) is 5.21. The highest BCUT2D eigenvalue weighted by Crippen LogP contribution is 1.98. The molecule has 1 N–H and O–H groups in total. The van der Waals surface area contributed by atoms with Gasteiger partial charge in [-0.05, 0) is 25.1 Å². The number of aryl methyl sites for hydroxylation is 1. The fourth-order valence-corrected chi connectivity index (χ4v) is 1.38. The van der Waals surface area contributed by atoms with Crippen LogP contribution in [0.1, 0.15) is 21.7 Å². The Labute approximate surface area is 99.0 Å². The van der Waals surface area contributed by atoms with Gasteiger partial charge in [-0.15, -0.1) is 0 Å². The molecule has 0 atom stereocenters. The zero-order valence-corrected chi connectivity index (χ0v) is 9.42. The van der Waals surface area contributed by atoms with Gasteiger partial charge >= 0.3 is 0 Å². The molecule has 0 aromatic carbocycles. The standard InChI is InChI=1S/C12H12N4O/c1-9-5-11(16-8-15-9)7-14-12(17)10-3-2-4-13-6-10/h2-6,8H,7H2,1H3,(H,14,17). The molecule has 0 saturated heterocycles. The second kappa shape index (κ2) is 5.16. The van der Waals surface area contributed by atoms with E-state index in [0.717, 1.165) is 11.4 Å². The number of hydrogen-bond acceptors (Lipinski definition) is 4. The van der Waals surface area contributed by atoms with Gasteiger partial charge in [0.15, 0.2) is 0 Å². The highest BCUT2D eigenvalue weighted by atomic mass is 16.1. The number of amides is 1. The molecule has 0 bridgehead atoms. The van der Waals surface area contributed by atoms with Crippen LogP contribution >= 0.6 is 0 Å². The summed E-state index contributed by atoms with van der Waals surface area (Å²) in [5.74, 6) is -0.158. The smallest absolute Gasteiger partial charge is 0.253 e. The van der Waals surface area contributed by atoms with Crippen LogP contribution in [0, 0.1) is 6.92 Å². The SMILES string of the molecule is Cc1cc(CNC(=O)c2cccnc2)ncn1. The van der Waals surface area contributed by atoms with Gasteiger partial charge in [0, 0.05) is 18.1 Å². The lowest BCUT2D eigenvalue weighted by Gasteiger charge is -2.04. The van der Waals surface area contributed by atoms with E-state index in [1.54, 1.807) is 18.3 Å². The maximum atomic E-state index is 11.7. The number of hydrogen-bond donors (Lipinski definition) is 1. The first-order chi connectivity index (χ1) is 8.25. The van der Waals surface area contributed by atoms with Crippen LogP contribution in [0.2, 0.25) is 0 Å². The highest BCUT2D eigenvalue weighted by molar-refractivity contribution is 5.93. The fraction of sp³-hybridized carbons (Fsp3) is 0.167. The van der Waals surface area contributed by atoms with E-state index in [-0.39, 0.29) is 5.91 Å². The van der Waals surface area contributed by atoms with Gasteiger partial charge in [-0.2, -0.15) is 0 Å². The molecule has 0 unspecified atom stereocenters. The summed E-state index contributed by atoms with van der Waals surface area (Å²) in [6.07, 6.45) is 4.64. The van der Waals surface area contributed by atoms with Crippen LogP contribution in [0.3, 0.4) is 0 Å². The minimum atomic E-state index is -0.158. The summed E-state index contributed by atoms with van der Waals surface area (Å²) in [4.78, 5) is 23.7. The lowest BCUT2D eigenvalue weighted by Crippen LogP contribution is -2.23. The molecule has 2 aromatic heterocycles. The molecule has 2 aromatic rings. The number of aromatic nitrogens is 3. The molecule has 2 heterocycles. The Kier molecular flexibility index (Phi) is 3.40. The van der Waals surface area contributed by atoms with Crippen molar-refractivity contribution in [1.82, 2.24) is 20.3 Å². The van der Waals surface area contributed by atoms with Crippen LogP contribution in [0.4, 0.5) is 0 Å². The van der Waals surface area contributed by atoms with E-state index in [0.29, 0.717) is 12.1 Å². The number of carbonyl (C=O) groups is 1. The van der Waals surface area contributed by atoms with Crippen molar-refractivity contribution in [3.05, 3.63) is 53.9 Å². The quantitative estimate of drug-likeness (QED) is 0.854. The van der Waals surface area contributed by atoms with Crippen LogP contribution in [-0.4, -0.2) is 20.9 Å². The third kappa shape index (κ3) is 3.07. The maximum Gasteiger partial charge on any atom is 0.253 e. The normalized spacial score (nSPS) is 9.94. The molecule has 0 aliphatic carbocycles. The number of rotatable bonds is 3. The Morgan fingerprint density at radius 2 is 2.29 bits per heavy atom. The van der Waals surface area contributed by atoms with Gasteiger partial charge in [0.05, 0.1) is 17.8 Å². The second-order valence-corrected chi connectivity index (χ2v) is 3.58. The third-order valence-electron chi connectivity index (χ3n) is 2.21. The molecular weight excluding hydrogens is 216 g/mol. The molecule has 0 spiro atoms. The van der Waals surface area contributed by atoms with E-state index in [4.69, 9.17) is 0 Å². The maximum absolute atomic E-state index is 11.7. The Hall–Kier alpha value is -2.30. The average Bonchev–Trinajstić information content (AvgIpc) is 2.37. The highest BCUT2D eigenvalue weighted by Gasteiger charge is 2.04. The molecular formula is C12H12N4O. The number of nitrogens with zero attached hydrogens (tertiary/aromatic N) is 3. The summed E-state index contributed by atoms with van der Waals surface area (Å²) in [7, 11) is 0. The molecule has 0 aliphatic rings. The number of pyridine rings is 1. The van der Waals surface area contributed by atoms with Crippen LogP contribution in [0.5, 0.6) is 0 Å². The van der Waals surface area contributed by atoms with Crippen molar-refractivity contribution in [2.24, 2.45) is 0 Å². The van der Waals surface area contributed by atoms with E-state index in [1.807, 2.05) is 13.0 Å². The van der Waals surface area contributed by atoms with Crippen molar-refractivity contribution in [2.75, 3.05) is 0 Å². The summed E-state index contributed by atoms with van der Waals surface area (Å²) in [5.41, 5.74) is 2.21. The lowest BCUT2D eigenvalue weighted by atomic mass is 10.2. The topological polar surface area (TPSA) is 67.8 Å². The Balaban J connectivity index is 1.97. The third-order valence-corrected chi connectivity index (χ3v) is 2.21. The van der Waals surface area contributed by atoms with Gasteiger partial charge in [0.1, 0.15) is 6.33 Å². The summed E-state index contributed by atoms with van der Waals surface area (Å²) in [5, 5.41) is 2.77. The predicted octanol–water partition coefficient (Wildman–Crippen LogP) is 1.11. The average molecular weight is 228 g/mol. The van der Waals surface area contributed by atoms with E-state index in [1.165, 1.54) is 12.5 Å². The minimum absolute atomic E-state index is 0.158. The Bertz CT molecular complexity index is 513. The predicted molar refractivity (Wildman–Crippen MR) is 62.2 cm³/mol. The monoisotopic (exact) mass is 228 g/mol. The molecule has 17 heavy (non-hydrogen) atoms. The van der Waals surface area contributed by atoms with Crippen molar-refractivity contribution in [3.8, 4) is 0 Å². The zero-order chi connectivity index (χ0) is 12.1. The lowest BCUT2D eigenvalue weighted by molar-refractivity contribution is 0.0950. The molecule has 1 amide bonds. The molecule has 86 valence electrons. The largest absolute Gasteiger partial charge is 0.346 e. The Morgan fingerprint density at radius 1 is 1.41 bits per heavy atom. The van der Waals surface area contributed by atoms with Gasteiger partial charge in [0.25, 0.3) is 5.91 Å². The molecule has 0 aliphatic heterocycles. The van der Waals surface area contributed by atoms with E-state index in [9.17, 15) is 4.79 Å². The second-order valence-electron chi connectivity index (χ2n) is 3.58. The van der Waals surface area contributed by atoms with Crippen molar-refractivity contribution in [2.45, 2.75) is 13.5 Å². The molecule has 5 nitrogen and oxygen atoms in total. The fourth-order valence-electron chi connectivity index (χ4n) is 1.38. The number of carbonyl (C=O) groups excluding carboxylic acids is 1. The summed E-state index contributed by atoms with van der Waals surface area (Å²) >= 11 is 0.